The quantitative estimate of drug-likeness (QED) is 0.640. The number of para-hydroxylation sites is 1. The van der Waals surface area contributed by atoms with Crippen molar-refractivity contribution in [2.24, 2.45) is 0 Å². The van der Waals surface area contributed by atoms with Crippen molar-refractivity contribution < 1.29 is 14.7 Å². The molecule has 0 aliphatic heterocycles. The van der Waals surface area contributed by atoms with Crippen LogP contribution in [0.15, 0.2) is 30.5 Å². The highest BCUT2D eigenvalue weighted by molar-refractivity contribution is 5.87. The molecule has 5 nitrogen and oxygen atoms in total. The second-order valence-corrected chi connectivity index (χ2v) is 4.02. The molecule has 1 unspecified atom stereocenters. The molecule has 94 valence electrons. The minimum Gasteiger partial charge on any atom is -0.479 e. The van der Waals surface area contributed by atoms with E-state index in [4.69, 9.17) is 9.94 Å². The summed E-state index contributed by atoms with van der Waals surface area (Å²) in [6.45, 7) is 3.54. The second kappa shape index (κ2) is 5.01. The van der Waals surface area contributed by atoms with Crippen LogP contribution in [0.2, 0.25) is 0 Å². The Labute approximate surface area is 104 Å². The van der Waals surface area contributed by atoms with E-state index < -0.39 is 12.0 Å². The van der Waals surface area contributed by atoms with Crippen molar-refractivity contribution >= 4 is 16.8 Å². The van der Waals surface area contributed by atoms with Gasteiger partial charge in [-0.15, -0.1) is 0 Å². The lowest BCUT2D eigenvalue weighted by atomic mass is 10.1. The normalized spacial score (nSPS) is 12.2. The Morgan fingerprint density at radius 3 is 2.94 bits per heavy atom. The SMILES string of the molecule is Cc1ccnc2c(OC(C)C(=O)NO)cccc12. The fraction of sp³-hybridized carbons (Fsp3) is 0.231. The summed E-state index contributed by atoms with van der Waals surface area (Å²) in [5.74, 6) is -0.0769. The number of nitrogens with zero attached hydrogens (tertiary/aromatic N) is 1. The number of hydrogen-bond donors (Lipinski definition) is 2. The monoisotopic (exact) mass is 246 g/mol. The van der Waals surface area contributed by atoms with E-state index in [1.165, 1.54) is 0 Å². The van der Waals surface area contributed by atoms with Crippen molar-refractivity contribution in [1.29, 1.82) is 0 Å². The Morgan fingerprint density at radius 1 is 1.44 bits per heavy atom. The molecule has 2 rings (SSSR count). The number of fused-ring (bicyclic) bond motifs is 1. The van der Waals surface area contributed by atoms with E-state index in [-0.39, 0.29) is 0 Å². The average molecular weight is 246 g/mol. The van der Waals surface area contributed by atoms with Crippen molar-refractivity contribution in [3.8, 4) is 5.75 Å². The van der Waals surface area contributed by atoms with E-state index in [0.29, 0.717) is 11.3 Å². The van der Waals surface area contributed by atoms with Gasteiger partial charge in [0.2, 0.25) is 0 Å². The molecule has 1 atom stereocenters. The van der Waals surface area contributed by atoms with Gasteiger partial charge in [-0.2, -0.15) is 0 Å². The Kier molecular flexibility index (Phi) is 3.43. The summed E-state index contributed by atoms with van der Waals surface area (Å²) in [7, 11) is 0. The van der Waals surface area contributed by atoms with Gasteiger partial charge in [0.1, 0.15) is 11.3 Å². The summed E-state index contributed by atoms with van der Waals surface area (Å²) in [6.07, 6.45) is 0.907. The highest BCUT2D eigenvalue weighted by atomic mass is 16.5. The van der Waals surface area contributed by atoms with Crippen LogP contribution >= 0.6 is 0 Å². The molecule has 5 heteroatoms. The average Bonchev–Trinajstić information content (AvgIpc) is 2.39. The number of carbonyl (C=O) groups excluding carboxylic acids is 1. The number of rotatable bonds is 3. The van der Waals surface area contributed by atoms with Gasteiger partial charge >= 0.3 is 0 Å². The molecule has 0 aliphatic carbocycles. The van der Waals surface area contributed by atoms with Gasteiger partial charge in [0, 0.05) is 11.6 Å². The number of aromatic nitrogens is 1. The minimum atomic E-state index is -0.789. The summed E-state index contributed by atoms with van der Waals surface area (Å²) in [5, 5.41) is 9.52. The van der Waals surface area contributed by atoms with E-state index in [1.807, 2.05) is 25.1 Å². The number of benzene rings is 1. The Morgan fingerprint density at radius 2 is 2.22 bits per heavy atom. The van der Waals surface area contributed by atoms with Crippen LogP contribution in [-0.4, -0.2) is 22.2 Å². The molecule has 0 spiro atoms. The number of carbonyl (C=O) groups is 1. The van der Waals surface area contributed by atoms with E-state index in [0.717, 1.165) is 10.9 Å². The van der Waals surface area contributed by atoms with Gasteiger partial charge in [-0.05, 0) is 31.5 Å². The summed E-state index contributed by atoms with van der Waals surface area (Å²) < 4.78 is 5.50. The zero-order valence-corrected chi connectivity index (χ0v) is 10.2. The van der Waals surface area contributed by atoms with Crippen LogP contribution in [0.3, 0.4) is 0 Å². The zero-order chi connectivity index (χ0) is 13.1. The van der Waals surface area contributed by atoms with Crippen molar-refractivity contribution in [3.05, 3.63) is 36.0 Å². The van der Waals surface area contributed by atoms with Crippen LogP contribution in [0.5, 0.6) is 5.75 Å². The van der Waals surface area contributed by atoms with Gasteiger partial charge < -0.3 is 4.74 Å². The fourth-order valence-corrected chi connectivity index (χ4v) is 1.72. The Bertz CT molecular complexity index is 583. The Balaban J connectivity index is 2.40. The number of hydroxylamine groups is 1. The first-order chi connectivity index (χ1) is 8.63. The number of ether oxygens (including phenoxy) is 1. The molecule has 18 heavy (non-hydrogen) atoms. The molecule has 0 radical (unpaired) electrons. The highest BCUT2D eigenvalue weighted by Crippen LogP contribution is 2.26. The van der Waals surface area contributed by atoms with Gasteiger partial charge in [0.05, 0.1) is 0 Å². The second-order valence-electron chi connectivity index (χ2n) is 4.02. The van der Waals surface area contributed by atoms with Crippen LogP contribution in [0, 0.1) is 6.92 Å². The third-order valence-corrected chi connectivity index (χ3v) is 2.74. The summed E-state index contributed by atoms with van der Waals surface area (Å²) >= 11 is 0. The lowest BCUT2D eigenvalue weighted by Crippen LogP contribution is -2.34. The van der Waals surface area contributed by atoms with Crippen LogP contribution < -0.4 is 10.2 Å². The van der Waals surface area contributed by atoms with Gasteiger partial charge in [-0.1, -0.05) is 12.1 Å². The Hall–Kier alpha value is -2.14. The molecule has 1 aromatic heterocycles. The van der Waals surface area contributed by atoms with Gasteiger partial charge in [0.25, 0.3) is 5.91 Å². The number of hydrogen-bond acceptors (Lipinski definition) is 4. The number of aryl methyl sites for hydroxylation is 1. The first kappa shape index (κ1) is 12.3. The molecule has 1 heterocycles. The van der Waals surface area contributed by atoms with Crippen LogP contribution in [0.25, 0.3) is 10.9 Å². The van der Waals surface area contributed by atoms with Crippen molar-refractivity contribution in [3.63, 3.8) is 0 Å². The van der Waals surface area contributed by atoms with Crippen LogP contribution in [0.4, 0.5) is 0 Å². The lowest BCUT2D eigenvalue weighted by Gasteiger charge is -2.14. The number of nitrogens with one attached hydrogen (secondary N) is 1. The topological polar surface area (TPSA) is 71.5 Å². The summed E-state index contributed by atoms with van der Waals surface area (Å²) in [4.78, 5) is 15.5. The fourth-order valence-electron chi connectivity index (χ4n) is 1.72. The maximum atomic E-state index is 11.2. The molecule has 1 aromatic carbocycles. The molecule has 2 N–H and O–H groups in total. The summed E-state index contributed by atoms with van der Waals surface area (Å²) in [5.41, 5.74) is 3.35. The third-order valence-electron chi connectivity index (χ3n) is 2.74. The molecule has 0 fully saturated rings. The molecular weight excluding hydrogens is 232 g/mol. The largest absolute Gasteiger partial charge is 0.479 e. The number of amides is 1. The highest BCUT2D eigenvalue weighted by Gasteiger charge is 2.15. The molecule has 0 aliphatic rings. The van der Waals surface area contributed by atoms with Crippen LogP contribution in [0.1, 0.15) is 12.5 Å². The van der Waals surface area contributed by atoms with E-state index in [9.17, 15) is 4.79 Å². The van der Waals surface area contributed by atoms with Crippen LogP contribution in [-0.2, 0) is 4.79 Å². The van der Waals surface area contributed by atoms with E-state index in [2.05, 4.69) is 4.98 Å². The standard InChI is InChI=1S/C13H14N2O3/c1-8-6-7-14-12-10(8)4-3-5-11(12)18-9(2)13(16)15-17/h3-7,9,17H,1-2H3,(H,15,16). The molecule has 0 saturated heterocycles. The third kappa shape index (κ3) is 2.26. The van der Waals surface area contributed by atoms with Gasteiger partial charge in [-0.3, -0.25) is 15.0 Å². The predicted molar refractivity (Wildman–Crippen MR) is 66.5 cm³/mol. The first-order valence-electron chi connectivity index (χ1n) is 5.58. The number of pyridine rings is 1. The van der Waals surface area contributed by atoms with Crippen molar-refractivity contribution in [1.82, 2.24) is 10.5 Å². The van der Waals surface area contributed by atoms with E-state index >= 15 is 0 Å². The van der Waals surface area contributed by atoms with E-state index in [1.54, 1.807) is 24.7 Å². The lowest BCUT2D eigenvalue weighted by molar-refractivity contribution is -0.135. The smallest absolute Gasteiger partial charge is 0.284 e. The van der Waals surface area contributed by atoms with Gasteiger partial charge in [0.15, 0.2) is 6.10 Å². The molecule has 0 bridgehead atoms. The van der Waals surface area contributed by atoms with Gasteiger partial charge in [-0.25, -0.2) is 5.48 Å². The van der Waals surface area contributed by atoms with Crippen molar-refractivity contribution in [2.75, 3.05) is 0 Å². The maximum absolute atomic E-state index is 11.2. The minimum absolute atomic E-state index is 0.521. The molecular formula is C13H14N2O3. The summed E-state index contributed by atoms with van der Waals surface area (Å²) in [6, 6.07) is 7.45. The zero-order valence-electron chi connectivity index (χ0n) is 10.2. The first-order valence-corrected chi connectivity index (χ1v) is 5.58. The molecule has 2 aromatic rings. The van der Waals surface area contributed by atoms with Crippen molar-refractivity contribution in [2.45, 2.75) is 20.0 Å². The predicted octanol–water partition coefficient (Wildman–Crippen LogP) is 1.82. The maximum Gasteiger partial charge on any atom is 0.284 e. The molecule has 1 amide bonds. The molecule has 0 saturated carbocycles.